The van der Waals surface area contributed by atoms with Gasteiger partial charge in [-0.25, -0.2) is 0 Å². The van der Waals surface area contributed by atoms with E-state index in [1.54, 1.807) is 18.2 Å². The first-order valence-electron chi connectivity index (χ1n) is 7.35. The first kappa shape index (κ1) is 18.4. The van der Waals surface area contributed by atoms with E-state index in [4.69, 9.17) is 16.3 Å². The number of hydrogen-bond acceptors (Lipinski definition) is 4. The number of anilines is 1. The summed E-state index contributed by atoms with van der Waals surface area (Å²) >= 11 is 7.07. The molecular weight excluding hydrogens is 346 g/mol. The first-order chi connectivity index (χ1) is 11.4. The zero-order valence-electron chi connectivity index (χ0n) is 13.5. The van der Waals surface area contributed by atoms with E-state index in [2.05, 4.69) is 5.32 Å². The predicted octanol–water partition coefficient (Wildman–Crippen LogP) is 4.23. The molecule has 1 N–H and O–H groups in total. The van der Waals surface area contributed by atoms with Crippen molar-refractivity contribution in [3.05, 3.63) is 58.6 Å². The van der Waals surface area contributed by atoms with Gasteiger partial charge in [0.15, 0.2) is 0 Å². The van der Waals surface area contributed by atoms with Crippen molar-refractivity contribution < 1.29 is 14.3 Å². The molecule has 2 aromatic rings. The van der Waals surface area contributed by atoms with E-state index in [1.165, 1.54) is 11.8 Å². The maximum atomic E-state index is 11.8. The van der Waals surface area contributed by atoms with Gasteiger partial charge in [0, 0.05) is 10.7 Å². The first-order valence-corrected chi connectivity index (χ1v) is 8.88. The van der Waals surface area contributed by atoms with E-state index < -0.39 is 5.97 Å². The lowest BCUT2D eigenvalue weighted by molar-refractivity contribution is -0.131. The fourth-order valence-electron chi connectivity index (χ4n) is 1.94. The number of benzene rings is 2. The van der Waals surface area contributed by atoms with Crippen molar-refractivity contribution in [2.75, 3.05) is 16.8 Å². The molecule has 6 heteroatoms. The molecule has 0 fully saturated rings. The molecule has 2 rings (SSSR count). The highest BCUT2D eigenvalue weighted by Crippen LogP contribution is 2.22. The van der Waals surface area contributed by atoms with Crippen molar-refractivity contribution in [1.82, 2.24) is 0 Å². The fraction of sp³-hybridized carbons (Fsp3) is 0.222. The number of amides is 1. The highest BCUT2D eigenvalue weighted by atomic mass is 35.5. The van der Waals surface area contributed by atoms with Crippen LogP contribution in [0.3, 0.4) is 0 Å². The Kier molecular flexibility index (Phi) is 6.70. The Morgan fingerprint density at radius 2 is 1.79 bits per heavy atom. The van der Waals surface area contributed by atoms with Crippen molar-refractivity contribution >= 4 is 40.9 Å². The normalized spacial score (nSPS) is 10.3. The van der Waals surface area contributed by atoms with Crippen molar-refractivity contribution in [1.29, 1.82) is 0 Å². The Morgan fingerprint density at radius 1 is 1.08 bits per heavy atom. The summed E-state index contributed by atoms with van der Waals surface area (Å²) in [6.45, 7) is 3.80. The molecule has 24 heavy (non-hydrogen) atoms. The van der Waals surface area contributed by atoms with Crippen LogP contribution in [0, 0.1) is 13.8 Å². The quantitative estimate of drug-likeness (QED) is 0.616. The lowest BCUT2D eigenvalue weighted by Gasteiger charge is -2.08. The van der Waals surface area contributed by atoms with Crippen LogP contribution in [0.25, 0.3) is 0 Å². The van der Waals surface area contributed by atoms with Gasteiger partial charge in [-0.2, -0.15) is 0 Å². The van der Waals surface area contributed by atoms with Crippen LogP contribution in [0.4, 0.5) is 5.69 Å². The second kappa shape index (κ2) is 8.76. The molecule has 0 heterocycles. The van der Waals surface area contributed by atoms with E-state index in [1.807, 2.05) is 38.1 Å². The van der Waals surface area contributed by atoms with Gasteiger partial charge in [0.05, 0.1) is 11.5 Å². The minimum Gasteiger partial charge on any atom is -0.426 e. The lowest BCUT2D eigenvalue weighted by Crippen LogP contribution is -2.17. The maximum absolute atomic E-state index is 11.8. The Labute approximate surface area is 150 Å². The zero-order chi connectivity index (χ0) is 17.5. The van der Waals surface area contributed by atoms with Crippen LogP contribution in [0.5, 0.6) is 5.75 Å². The standard InChI is InChI=1S/C18H18ClNO3S/c1-12-3-6-15(7-4-12)20-17(21)10-24-11-18(22)23-16-8-5-14(19)9-13(16)2/h3-9H,10-11H2,1-2H3,(H,20,21). The second-order valence-corrected chi connectivity index (χ2v) is 6.71. The smallest absolute Gasteiger partial charge is 0.321 e. The Morgan fingerprint density at radius 3 is 2.46 bits per heavy atom. The van der Waals surface area contributed by atoms with E-state index in [9.17, 15) is 9.59 Å². The fourth-order valence-corrected chi connectivity index (χ4v) is 2.75. The number of esters is 1. The molecule has 0 bridgehead atoms. The minimum atomic E-state index is -0.395. The predicted molar refractivity (Wildman–Crippen MR) is 99.0 cm³/mol. The molecule has 4 nitrogen and oxygen atoms in total. The highest BCUT2D eigenvalue weighted by molar-refractivity contribution is 8.00. The average Bonchev–Trinajstić information content (AvgIpc) is 2.52. The molecule has 0 saturated heterocycles. The number of nitrogens with one attached hydrogen (secondary N) is 1. The van der Waals surface area contributed by atoms with Crippen LogP contribution in [0.2, 0.25) is 5.02 Å². The molecule has 0 aliphatic rings. The lowest BCUT2D eigenvalue weighted by atomic mass is 10.2. The molecule has 2 aromatic carbocycles. The summed E-state index contributed by atoms with van der Waals surface area (Å²) in [6.07, 6.45) is 0. The number of rotatable bonds is 6. The van der Waals surface area contributed by atoms with Crippen LogP contribution in [-0.4, -0.2) is 23.4 Å². The summed E-state index contributed by atoms with van der Waals surface area (Å²) in [5.74, 6) is 0.216. The number of halogens is 1. The minimum absolute atomic E-state index is 0.101. The third-order valence-corrected chi connectivity index (χ3v) is 4.29. The summed E-state index contributed by atoms with van der Waals surface area (Å²) in [7, 11) is 0. The summed E-state index contributed by atoms with van der Waals surface area (Å²) in [5, 5.41) is 3.37. The monoisotopic (exact) mass is 363 g/mol. The molecule has 0 saturated carbocycles. The molecule has 1 amide bonds. The van der Waals surface area contributed by atoms with Gasteiger partial charge in [0.1, 0.15) is 5.75 Å². The molecular formula is C18H18ClNO3S. The van der Waals surface area contributed by atoms with Gasteiger partial charge in [0.25, 0.3) is 0 Å². The second-order valence-electron chi connectivity index (χ2n) is 5.29. The van der Waals surface area contributed by atoms with Gasteiger partial charge in [-0.3, -0.25) is 9.59 Å². The zero-order valence-corrected chi connectivity index (χ0v) is 15.0. The van der Waals surface area contributed by atoms with Gasteiger partial charge >= 0.3 is 5.97 Å². The third-order valence-electron chi connectivity index (χ3n) is 3.15. The largest absolute Gasteiger partial charge is 0.426 e. The van der Waals surface area contributed by atoms with Crippen molar-refractivity contribution in [3.63, 3.8) is 0 Å². The van der Waals surface area contributed by atoms with Gasteiger partial charge in [-0.15, -0.1) is 11.8 Å². The number of hydrogen-bond donors (Lipinski definition) is 1. The number of carbonyl (C=O) groups is 2. The van der Waals surface area contributed by atoms with Gasteiger partial charge in [0.2, 0.25) is 5.91 Å². The van der Waals surface area contributed by atoms with Crippen LogP contribution in [0.15, 0.2) is 42.5 Å². The van der Waals surface area contributed by atoms with Gasteiger partial charge < -0.3 is 10.1 Å². The number of ether oxygens (including phenoxy) is 1. The van der Waals surface area contributed by atoms with Crippen molar-refractivity contribution in [2.45, 2.75) is 13.8 Å². The molecule has 126 valence electrons. The summed E-state index contributed by atoms with van der Waals surface area (Å²) in [4.78, 5) is 23.6. The Bertz CT molecular complexity index is 732. The summed E-state index contributed by atoms with van der Waals surface area (Å²) in [6, 6.07) is 12.6. The average molecular weight is 364 g/mol. The topological polar surface area (TPSA) is 55.4 Å². The number of carbonyl (C=O) groups excluding carboxylic acids is 2. The van der Waals surface area contributed by atoms with E-state index >= 15 is 0 Å². The van der Waals surface area contributed by atoms with E-state index in [0.29, 0.717) is 10.8 Å². The molecule has 0 spiro atoms. The molecule has 0 unspecified atom stereocenters. The molecule has 0 aliphatic heterocycles. The van der Waals surface area contributed by atoms with Crippen LogP contribution in [0.1, 0.15) is 11.1 Å². The summed E-state index contributed by atoms with van der Waals surface area (Å²) in [5.41, 5.74) is 2.66. The SMILES string of the molecule is Cc1ccc(NC(=O)CSCC(=O)Oc2ccc(Cl)cc2C)cc1. The van der Waals surface area contributed by atoms with Crippen molar-refractivity contribution in [2.24, 2.45) is 0 Å². The third kappa shape index (κ3) is 5.91. The molecule has 0 aromatic heterocycles. The Hall–Kier alpha value is -1.98. The number of thioether (sulfide) groups is 1. The van der Waals surface area contributed by atoms with Crippen LogP contribution >= 0.6 is 23.4 Å². The van der Waals surface area contributed by atoms with Gasteiger partial charge in [-0.05, 0) is 49.7 Å². The summed E-state index contributed by atoms with van der Waals surface area (Å²) < 4.78 is 5.26. The van der Waals surface area contributed by atoms with E-state index in [0.717, 1.165) is 16.8 Å². The molecule has 0 aliphatic carbocycles. The molecule has 0 radical (unpaired) electrons. The maximum Gasteiger partial charge on any atom is 0.321 e. The highest BCUT2D eigenvalue weighted by Gasteiger charge is 2.10. The van der Waals surface area contributed by atoms with Crippen LogP contribution < -0.4 is 10.1 Å². The van der Waals surface area contributed by atoms with E-state index in [-0.39, 0.29) is 17.4 Å². The van der Waals surface area contributed by atoms with Crippen molar-refractivity contribution in [3.8, 4) is 5.75 Å². The molecule has 0 atom stereocenters. The van der Waals surface area contributed by atoms with Gasteiger partial charge in [-0.1, -0.05) is 29.3 Å². The van der Waals surface area contributed by atoms with Crippen LogP contribution in [-0.2, 0) is 9.59 Å². The Balaban J connectivity index is 1.73. The number of aryl methyl sites for hydroxylation is 2.